The van der Waals surface area contributed by atoms with Gasteiger partial charge in [-0.25, -0.2) is 9.97 Å². The van der Waals surface area contributed by atoms with Gasteiger partial charge in [-0.1, -0.05) is 0 Å². The van der Waals surface area contributed by atoms with Crippen LogP contribution in [-0.4, -0.2) is 37.1 Å². The first kappa shape index (κ1) is 14.5. The van der Waals surface area contributed by atoms with Crippen molar-refractivity contribution in [2.45, 2.75) is 6.18 Å². The Bertz CT molecular complexity index is 810. The number of hydrogen-bond acceptors (Lipinski definition) is 6. The molecule has 3 N–H and O–H groups in total. The molecule has 0 aliphatic carbocycles. The monoisotopic (exact) mass is 301 g/mol. The molecule has 0 amide bonds. The summed E-state index contributed by atoms with van der Waals surface area (Å²) in [6.45, 7) is 0. The van der Waals surface area contributed by atoms with Crippen molar-refractivity contribution in [3.63, 3.8) is 0 Å². The SMILES string of the molecule is O=C(C=C(O)c1c(O)c2nccnc2[nH]c1=O)C(F)(F)F. The van der Waals surface area contributed by atoms with E-state index in [9.17, 15) is 33.0 Å². The zero-order chi connectivity index (χ0) is 15.8. The normalized spacial score (nSPS) is 12.6. The summed E-state index contributed by atoms with van der Waals surface area (Å²) >= 11 is 0. The van der Waals surface area contributed by atoms with Crippen molar-refractivity contribution in [1.29, 1.82) is 0 Å². The Morgan fingerprint density at radius 1 is 1.29 bits per heavy atom. The topological polar surface area (TPSA) is 116 Å². The minimum absolute atomic E-state index is 0.126. The van der Waals surface area contributed by atoms with Crippen LogP contribution in [0.4, 0.5) is 13.2 Å². The highest BCUT2D eigenvalue weighted by Crippen LogP contribution is 2.26. The van der Waals surface area contributed by atoms with Gasteiger partial charge in [0.05, 0.1) is 0 Å². The largest absolute Gasteiger partial charge is 0.507 e. The van der Waals surface area contributed by atoms with Crippen LogP contribution in [0.5, 0.6) is 5.75 Å². The number of allylic oxidation sites excluding steroid dienone is 1. The van der Waals surface area contributed by atoms with Gasteiger partial charge in [-0.15, -0.1) is 0 Å². The number of halogens is 3. The fourth-order valence-electron chi connectivity index (χ4n) is 1.51. The van der Waals surface area contributed by atoms with Crippen molar-refractivity contribution in [2.75, 3.05) is 0 Å². The van der Waals surface area contributed by atoms with Gasteiger partial charge in [-0.05, 0) is 0 Å². The van der Waals surface area contributed by atoms with Gasteiger partial charge in [0.25, 0.3) is 11.3 Å². The molecule has 0 bridgehead atoms. The zero-order valence-electron chi connectivity index (χ0n) is 9.97. The first-order chi connectivity index (χ1) is 9.71. The number of pyridine rings is 1. The molecule has 0 aliphatic rings. The Morgan fingerprint density at radius 2 is 1.90 bits per heavy atom. The van der Waals surface area contributed by atoms with Crippen LogP contribution in [0, 0.1) is 0 Å². The average molecular weight is 301 g/mol. The second-order valence-corrected chi connectivity index (χ2v) is 3.82. The Labute approximate surface area is 113 Å². The number of ketones is 1. The molecule has 0 saturated carbocycles. The van der Waals surface area contributed by atoms with E-state index in [4.69, 9.17) is 0 Å². The molecule has 0 spiro atoms. The summed E-state index contributed by atoms with van der Waals surface area (Å²) < 4.78 is 36.3. The highest BCUT2D eigenvalue weighted by Gasteiger charge is 2.37. The maximum Gasteiger partial charge on any atom is 0.454 e. The number of hydrogen-bond donors (Lipinski definition) is 3. The summed E-state index contributed by atoms with van der Waals surface area (Å²) in [5, 5.41) is 19.3. The Hall–Kier alpha value is -2.91. The molecule has 110 valence electrons. The third kappa shape index (κ3) is 2.68. The predicted molar refractivity (Wildman–Crippen MR) is 63.5 cm³/mol. The van der Waals surface area contributed by atoms with Crippen LogP contribution in [0.25, 0.3) is 16.9 Å². The fourth-order valence-corrected chi connectivity index (χ4v) is 1.51. The number of aromatic nitrogens is 3. The molecule has 2 aromatic rings. The van der Waals surface area contributed by atoms with Gasteiger partial charge in [-0.3, -0.25) is 9.59 Å². The number of fused-ring (bicyclic) bond motifs is 1. The second kappa shape index (κ2) is 4.89. The van der Waals surface area contributed by atoms with E-state index in [1.165, 1.54) is 6.20 Å². The van der Waals surface area contributed by atoms with Gasteiger partial charge in [-0.2, -0.15) is 13.2 Å². The summed E-state index contributed by atoms with van der Waals surface area (Å²) in [6.07, 6.45) is -3.05. The first-order valence-electron chi connectivity index (χ1n) is 5.30. The van der Waals surface area contributed by atoms with Crippen LogP contribution >= 0.6 is 0 Å². The molecule has 7 nitrogen and oxygen atoms in total. The molecule has 0 radical (unpaired) electrons. The van der Waals surface area contributed by atoms with E-state index in [2.05, 4.69) is 15.0 Å². The number of alkyl halides is 3. The van der Waals surface area contributed by atoms with Gasteiger partial charge in [0.15, 0.2) is 11.4 Å². The lowest BCUT2D eigenvalue weighted by Crippen LogP contribution is -2.21. The minimum Gasteiger partial charge on any atom is -0.507 e. The zero-order valence-corrected chi connectivity index (χ0v) is 9.97. The summed E-state index contributed by atoms with van der Waals surface area (Å²) in [5.74, 6) is -4.59. The number of carbonyl (C=O) groups excluding carboxylic acids is 1. The van der Waals surface area contributed by atoms with Gasteiger partial charge >= 0.3 is 6.18 Å². The van der Waals surface area contributed by atoms with Crippen LogP contribution in [0.2, 0.25) is 0 Å². The number of aromatic hydroxyl groups is 1. The Morgan fingerprint density at radius 3 is 2.52 bits per heavy atom. The minimum atomic E-state index is -5.22. The number of rotatable bonds is 2. The van der Waals surface area contributed by atoms with Crippen LogP contribution < -0.4 is 5.56 Å². The van der Waals surface area contributed by atoms with Crippen molar-refractivity contribution in [2.24, 2.45) is 0 Å². The van der Waals surface area contributed by atoms with Crippen LogP contribution in [0.15, 0.2) is 23.3 Å². The molecule has 0 fully saturated rings. The number of aromatic amines is 1. The summed E-state index contributed by atoms with van der Waals surface area (Å²) in [4.78, 5) is 31.9. The van der Waals surface area contributed by atoms with Crippen LogP contribution in [0.3, 0.4) is 0 Å². The molecule has 0 aliphatic heterocycles. The Balaban J connectivity index is 2.64. The molecule has 0 saturated heterocycles. The van der Waals surface area contributed by atoms with E-state index in [1.54, 1.807) is 0 Å². The van der Waals surface area contributed by atoms with E-state index in [0.717, 1.165) is 6.20 Å². The van der Waals surface area contributed by atoms with E-state index in [1.807, 2.05) is 0 Å². The van der Waals surface area contributed by atoms with E-state index < -0.39 is 34.6 Å². The van der Waals surface area contributed by atoms with Gasteiger partial charge in [0, 0.05) is 18.5 Å². The number of nitrogens with zero attached hydrogens (tertiary/aromatic N) is 2. The second-order valence-electron chi connectivity index (χ2n) is 3.82. The van der Waals surface area contributed by atoms with Crippen molar-refractivity contribution in [3.8, 4) is 5.75 Å². The number of H-pyrrole nitrogens is 1. The number of aliphatic hydroxyl groups is 1. The molecular formula is C11H6F3N3O4. The third-order valence-corrected chi connectivity index (χ3v) is 2.42. The summed E-state index contributed by atoms with van der Waals surface area (Å²) in [6, 6.07) is 0. The molecule has 2 aromatic heterocycles. The molecule has 2 heterocycles. The molecule has 0 aromatic carbocycles. The molecule has 2 rings (SSSR count). The standard InChI is InChI=1S/C11H6F3N3O4/c12-11(13,14)5(19)3-4(18)6-8(20)7-9(17-10(6)21)16-2-1-15-7/h1-3,18H,(H2,16,17,20,21). The van der Waals surface area contributed by atoms with Crippen molar-refractivity contribution >= 4 is 22.7 Å². The maximum atomic E-state index is 12.1. The third-order valence-electron chi connectivity index (χ3n) is 2.42. The fraction of sp³-hybridized carbons (Fsp3) is 0.0909. The lowest BCUT2D eigenvalue weighted by atomic mass is 10.1. The Kier molecular flexibility index (Phi) is 3.37. The predicted octanol–water partition coefficient (Wildman–Crippen LogP) is 1.05. The maximum absolute atomic E-state index is 12.1. The van der Waals surface area contributed by atoms with Crippen LogP contribution in [0.1, 0.15) is 5.56 Å². The van der Waals surface area contributed by atoms with E-state index in [-0.39, 0.29) is 17.2 Å². The van der Waals surface area contributed by atoms with Crippen molar-refractivity contribution < 1.29 is 28.2 Å². The molecule has 0 atom stereocenters. The first-order valence-corrected chi connectivity index (χ1v) is 5.30. The molecular weight excluding hydrogens is 295 g/mol. The quantitative estimate of drug-likeness (QED) is 0.564. The smallest absolute Gasteiger partial charge is 0.454 e. The highest BCUT2D eigenvalue weighted by molar-refractivity contribution is 6.00. The number of nitrogens with one attached hydrogen (secondary N) is 1. The van der Waals surface area contributed by atoms with E-state index in [0.29, 0.717) is 0 Å². The molecule has 0 unspecified atom stereocenters. The van der Waals surface area contributed by atoms with Crippen molar-refractivity contribution in [1.82, 2.24) is 15.0 Å². The van der Waals surface area contributed by atoms with Gasteiger partial charge in [0.1, 0.15) is 16.8 Å². The van der Waals surface area contributed by atoms with Gasteiger partial charge < -0.3 is 15.2 Å². The van der Waals surface area contributed by atoms with Crippen LogP contribution in [-0.2, 0) is 4.79 Å². The van der Waals surface area contributed by atoms with Gasteiger partial charge in [0.2, 0.25) is 0 Å². The molecule has 10 heteroatoms. The lowest BCUT2D eigenvalue weighted by molar-refractivity contribution is -0.165. The lowest BCUT2D eigenvalue weighted by Gasteiger charge is -2.06. The highest BCUT2D eigenvalue weighted by atomic mass is 19.4. The van der Waals surface area contributed by atoms with Crippen molar-refractivity contribution in [3.05, 3.63) is 34.4 Å². The number of aliphatic hydroxyl groups excluding tert-OH is 1. The summed E-state index contributed by atoms with van der Waals surface area (Å²) in [5.41, 5.74) is -2.39. The van der Waals surface area contributed by atoms with E-state index >= 15 is 0 Å². The number of carbonyl (C=O) groups is 1. The average Bonchev–Trinajstić information content (AvgIpc) is 2.37. The summed E-state index contributed by atoms with van der Waals surface area (Å²) in [7, 11) is 0. The molecule has 21 heavy (non-hydrogen) atoms.